The van der Waals surface area contributed by atoms with Crippen LogP contribution < -0.4 is 15.5 Å². The monoisotopic (exact) mass is 764 g/mol. The lowest BCUT2D eigenvalue weighted by Crippen LogP contribution is -2.53. The van der Waals surface area contributed by atoms with Crippen molar-refractivity contribution in [1.29, 1.82) is 0 Å². The fraction of sp³-hybridized carbons (Fsp3) is 0.472. The largest absolute Gasteiger partial charge is 0.494 e. The zero-order valence-corrected chi connectivity index (χ0v) is 30.8. The first-order chi connectivity index (χ1) is 22.7. The number of alkyl carbamates (subject to hydrolysis) is 1. The quantitative estimate of drug-likeness (QED) is 0.137. The van der Waals surface area contributed by atoms with Crippen molar-refractivity contribution >= 4 is 69.0 Å². The van der Waals surface area contributed by atoms with E-state index >= 15 is 0 Å². The molecule has 0 bridgehead atoms. The average Bonchev–Trinajstić information content (AvgIpc) is 3.68. The van der Waals surface area contributed by atoms with Crippen LogP contribution in [-0.4, -0.2) is 68.3 Å². The Morgan fingerprint density at radius 3 is 2.50 bits per heavy atom. The van der Waals surface area contributed by atoms with Crippen molar-refractivity contribution in [3.8, 4) is 16.9 Å². The predicted molar refractivity (Wildman–Crippen MR) is 195 cm³/mol. The number of nitrogens with zero attached hydrogens (tertiary/aromatic N) is 2. The molecule has 2 amide bonds. The number of fused-ring (bicyclic) bond motifs is 6. The van der Waals surface area contributed by atoms with Crippen molar-refractivity contribution in [2.24, 2.45) is 5.92 Å². The Kier molecular flexibility index (Phi) is 8.23. The van der Waals surface area contributed by atoms with Crippen LogP contribution in [0, 0.1) is 5.92 Å². The number of carbonyl (C=O) groups excluding carboxylic acids is 2. The molecular formula is C36H42BIN4O6. The number of aromatic amines is 1. The first-order valence-electron chi connectivity index (χ1n) is 16.6. The third-order valence-electron chi connectivity index (χ3n) is 10.6. The summed E-state index contributed by atoms with van der Waals surface area (Å²) >= 11 is 2.42. The van der Waals surface area contributed by atoms with Gasteiger partial charge in [0.2, 0.25) is 5.91 Å². The lowest BCUT2D eigenvalue weighted by Gasteiger charge is -2.33. The molecule has 0 unspecified atom stereocenters. The number of H-pyrrole nitrogens is 1. The van der Waals surface area contributed by atoms with E-state index in [1.54, 1.807) is 0 Å². The summed E-state index contributed by atoms with van der Waals surface area (Å²) in [6.45, 7) is 14.6. The molecule has 10 nitrogen and oxygen atoms in total. The predicted octanol–water partition coefficient (Wildman–Crippen LogP) is 6.42. The molecule has 12 heteroatoms. The summed E-state index contributed by atoms with van der Waals surface area (Å²) in [4.78, 5) is 36.6. The molecule has 4 aromatic rings. The number of nitrogens with one attached hydrogen (secondary N) is 2. The number of rotatable bonds is 5. The fourth-order valence-corrected chi connectivity index (χ4v) is 7.88. The van der Waals surface area contributed by atoms with E-state index in [2.05, 4.69) is 104 Å². The summed E-state index contributed by atoms with van der Waals surface area (Å²) in [6.07, 6.45) is 0.127. The smallest absolute Gasteiger partial charge is 0.488 e. The Bertz CT molecular complexity index is 1930. The molecule has 0 saturated carbocycles. The molecule has 0 radical (unpaired) electrons. The standard InChI is InChI=1S/C36H42BIN4O6/c1-18(2)30(41-34(44)45-8)33(43)42-19(3)26(38)16-28(42)32-39-27-12-9-20-14-25-23-11-10-22(37-47-35(4,5)36(6,7)48-37)13-21(23)17-46-29(25)15-24(20)31(27)40-32/h9-15,18-19,26,28,30H,16-17H2,1-8H3,(H,39,40)(H,41,44)/t19-,26-,28-,30-/m0/s1. The van der Waals surface area contributed by atoms with E-state index < -0.39 is 30.5 Å². The van der Waals surface area contributed by atoms with Gasteiger partial charge < -0.3 is 34.0 Å². The number of carbonyl (C=O) groups is 2. The summed E-state index contributed by atoms with van der Waals surface area (Å²) in [5, 5.41) is 4.81. The second-order valence-corrected chi connectivity index (χ2v) is 16.2. The number of benzene rings is 3. The molecule has 7 rings (SSSR count). The molecule has 0 aliphatic carbocycles. The maximum absolute atomic E-state index is 14.0. The number of hydrogen-bond donors (Lipinski definition) is 2. The normalized spacial score (nSPS) is 23.2. The number of aromatic nitrogens is 2. The minimum absolute atomic E-state index is 0.0421. The lowest BCUT2D eigenvalue weighted by atomic mass is 9.77. The van der Waals surface area contributed by atoms with Crippen LogP contribution in [0.1, 0.15) is 72.3 Å². The summed E-state index contributed by atoms with van der Waals surface area (Å²) in [5.74, 6) is 1.29. The lowest BCUT2D eigenvalue weighted by molar-refractivity contribution is -0.137. The van der Waals surface area contributed by atoms with E-state index in [1.807, 2.05) is 24.8 Å². The van der Waals surface area contributed by atoms with Crippen LogP contribution in [0.4, 0.5) is 4.79 Å². The topological polar surface area (TPSA) is 115 Å². The molecule has 0 spiro atoms. The number of imidazole rings is 1. The molecule has 4 heterocycles. The second kappa shape index (κ2) is 11.9. The third kappa shape index (κ3) is 5.44. The molecule has 3 aliphatic rings. The van der Waals surface area contributed by atoms with Gasteiger partial charge in [0.25, 0.3) is 0 Å². The molecule has 4 atom stereocenters. The van der Waals surface area contributed by atoms with Gasteiger partial charge in [-0.2, -0.15) is 0 Å². The molecule has 1 aromatic heterocycles. The molecule has 3 aliphatic heterocycles. The summed E-state index contributed by atoms with van der Waals surface area (Å²) in [5.41, 5.74) is 5.15. The zero-order chi connectivity index (χ0) is 34.3. The number of amides is 2. The van der Waals surface area contributed by atoms with Gasteiger partial charge in [0.15, 0.2) is 0 Å². The molecular weight excluding hydrogens is 722 g/mol. The fourth-order valence-electron chi connectivity index (χ4n) is 7.06. The highest BCUT2D eigenvalue weighted by atomic mass is 127. The van der Waals surface area contributed by atoms with Crippen LogP contribution in [-0.2, 0) is 25.4 Å². The SMILES string of the molecule is COC(=O)N[C@H](C(=O)N1[C@H](c2nc3ccc4cc5c(cc4c3[nH]2)OCc2cc(B3OC(C)(C)C(C)(C)O3)ccc2-5)C[C@H](I)[C@@H]1C)C(C)C. The highest BCUT2D eigenvalue weighted by Crippen LogP contribution is 2.44. The number of likely N-dealkylation sites (tertiary alicyclic amines) is 1. The zero-order valence-electron chi connectivity index (χ0n) is 28.6. The van der Waals surface area contributed by atoms with E-state index in [1.165, 1.54) is 7.11 Å². The molecule has 3 aromatic carbocycles. The van der Waals surface area contributed by atoms with E-state index in [4.69, 9.17) is 23.8 Å². The average molecular weight is 764 g/mol. The molecule has 48 heavy (non-hydrogen) atoms. The summed E-state index contributed by atoms with van der Waals surface area (Å²) < 4.78 is 24.0. The Morgan fingerprint density at radius 1 is 1.08 bits per heavy atom. The number of alkyl halides is 1. The van der Waals surface area contributed by atoms with Crippen LogP contribution in [0.2, 0.25) is 0 Å². The van der Waals surface area contributed by atoms with Crippen molar-refractivity contribution < 1.29 is 28.4 Å². The minimum atomic E-state index is -0.714. The van der Waals surface area contributed by atoms with Crippen molar-refractivity contribution in [3.05, 3.63) is 53.9 Å². The van der Waals surface area contributed by atoms with Gasteiger partial charge in [-0.3, -0.25) is 4.79 Å². The number of ether oxygens (including phenoxy) is 2. The highest BCUT2D eigenvalue weighted by Gasteiger charge is 2.52. The number of halogens is 1. The van der Waals surface area contributed by atoms with Crippen molar-refractivity contribution in [2.75, 3.05) is 7.11 Å². The number of methoxy groups -OCH3 is 1. The maximum atomic E-state index is 14.0. The van der Waals surface area contributed by atoms with Crippen LogP contribution in [0.5, 0.6) is 5.75 Å². The second-order valence-electron chi connectivity index (χ2n) is 14.6. The van der Waals surface area contributed by atoms with E-state index in [9.17, 15) is 9.59 Å². The summed E-state index contributed by atoms with van der Waals surface area (Å²) in [7, 11) is 0.871. The van der Waals surface area contributed by atoms with E-state index in [-0.39, 0.29) is 27.8 Å². The van der Waals surface area contributed by atoms with Gasteiger partial charge in [0, 0.05) is 20.9 Å². The summed E-state index contributed by atoms with van der Waals surface area (Å²) in [6, 6.07) is 13.7. The highest BCUT2D eigenvalue weighted by molar-refractivity contribution is 14.1. The number of hydrogen-bond acceptors (Lipinski definition) is 7. The Hall–Kier alpha value is -3.36. The Labute approximate surface area is 294 Å². The van der Waals surface area contributed by atoms with E-state index in [0.717, 1.165) is 62.0 Å². The maximum Gasteiger partial charge on any atom is 0.494 e. The third-order valence-corrected chi connectivity index (χ3v) is 12.2. The molecule has 2 N–H and O–H groups in total. The van der Waals surface area contributed by atoms with Crippen LogP contribution >= 0.6 is 22.6 Å². The van der Waals surface area contributed by atoms with Crippen molar-refractivity contribution in [1.82, 2.24) is 20.2 Å². The van der Waals surface area contributed by atoms with Crippen LogP contribution in [0.3, 0.4) is 0 Å². The van der Waals surface area contributed by atoms with Crippen LogP contribution in [0.15, 0.2) is 42.5 Å². The van der Waals surface area contributed by atoms with Gasteiger partial charge in [-0.05, 0) is 87.1 Å². The first-order valence-corrected chi connectivity index (χ1v) is 17.8. The Balaban J connectivity index is 1.22. The van der Waals surface area contributed by atoms with Crippen molar-refractivity contribution in [2.45, 2.75) is 94.7 Å². The van der Waals surface area contributed by atoms with Gasteiger partial charge in [0.05, 0.1) is 35.4 Å². The molecule has 2 fully saturated rings. The van der Waals surface area contributed by atoms with E-state index in [0.29, 0.717) is 6.61 Å². The van der Waals surface area contributed by atoms with Gasteiger partial charge >= 0.3 is 13.2 Å². The minimum Gasteiger partial charge on any atom is -0.488 e. The van der Waals surface area contributed by atoms with Gasteiger partial charge in [-0.1, -0.05) is 60.7 Å². The van der Waals surface area contributed by atoms with Gasteiger partial charge in [-0.25, -0.2) is 9.78 Å². The molecule has 252 valence electrons. The first kappa shape index (κ1) is 33.2. The van der Waals surface area contributed by atoms with Gasteiger partial charge in [0.1, 0.15) is 24.2 Å². The van der Waals surface area contributed by atoms with Crippen LogP contribution in [0.25, 0.3) is 32.9 Å². The van der Waals surface area contributed by atoms with Gasteiger partial charge in [-0.15, -0.1) is 0 Å². The molecule has 2 saturated heterocycles. The Morgan fingerprint density at radius 2 is 1.81 bits per heavy atom. The van der Waals surface area contributed by atoms with Crippen molar-refractivity contribution in [3.63, 3.8) is 0 Å².